The second-order valence-corrected chi connectivity index (χ2v) is 8.53. The van der Waals surface area contributed by atoms with Crippen molar-refractivity contribution < 1.29 is 9.53 Å². The fraction of sp³-hybridized carbons (Fsp3) is 0.375. The smallest absolute Gasteiger partial charge is 0.253 e. The molecule has 1 aromatic carbocycles. The minimum Gasteiger partial charge on any atom is -0.365 e. The van der Waals surface area contributed by atoms with Gasteiger partial charge in [-0.1, -0.05) is 17.2 Å². The largest absolute Gasteiger partial charge is 0.365 e. The molecule has 0 unspecified atom stereocenters. The Hall–Kier alpha value is -2.99. The quantitative estimate of drug-likeness (QED) is 0.655. The summed E-state index contributed by atoms with van der Waals surface area (Å²) in [6, 6.07) is 10.1. The van der Waals surface area contributed by atoms with E-state index in [1.807, 2.05) is 49.3 Å². The van der Waals surface area contributed by atoms with Crippen LogP contribution in [0, 0.1) is 13.8 Å². The van der Waals surface area contributed by atoms with Crippen molar-refractivity contribution in [3.05, 3.63) is 71.4 Å². The molecule has 1 fully saturated rings. The Bertz CT molecular complexity index is 1060. The van der Waals surface area contributed by atoms with Crippen LogP contribution in [-0.4, -0.2) is 44.0 Å². The number of hydrogen-bond donors (Lipinski definition) is 0. The maximum atomic E-state index is 13.0. The fourth-order valence-corrected chi connectivity index (χ4v) is 4.70. The van der Waals surface area contributed by atoms with Crippen LogP contribution in [0.2, 0.25) is 0 Å². The van der Waals surface area contributed by atoms with Crippen LogP contribution < -0.4 is 0 Å². The molecule has 0 atom stereocenters. The summed E-state index contributed by atoms with van der Waals surface area (Å²) in [7, 11) is 0. The average Bonchev–Trinajstić information content (AvgIpc) is 3.16. The van der Waals surface area contributed by atoms with Crippen LogP contribution in [-0.2, 0) is 17.9 Å². The van der Waals surface area contributed by atoms with Crippen molar-refractivity contribution in [1.82, 2.24) is 19.4 Å². The Morgan fingerprint density at radius 3 is 2.57 bits per heavy atom. The number of ether oxygens (including phenoxy) is 1. The van der Waals surface area contributed by atoms with Gasteiger partial charge in [-0.15, -0.1) is 0 Å². The number of nitrogens with zero attached hydrogens (tertiary/aromatic N) is 4. The highest BCUT2D eigenvalue weighted by Gasteiger charge is 2.41. The number of imidazole rings is 1. The molecule has 0 radical (unpaired) electrons. The number of likely N-dealkylation sites (tertiary alicyclic amines) is 1. The Balaban J connectivity index is 1.32. The molecule has 0 saturated carbocycles. The summed E-state index contributed by atoms with van der Waals surface area (Å²) in [6.07, 6.45) is 7.22. The van der Waals surface area contributed by atoms with Gasteiger partial charge < -0.3 is 14.2 Å². The zero-order chi connectivity index (χ0) is 20.7. The van der Waals surface area contributed by atoms with E-state index in [1.165, 1.54) is 0 Å². The number of carbonyl (C=O) groups is 1. The van der Waals surface area contributed by atoms with Gasteiger partial charge in [-0.25, -0.2) is 4.98 Å². The third-order valence-corrected chi connectivity index (χ3v) is 6.28. The molecule has 4 heterocycles. The molecule has 6 heteroatoms. The first-order valence-corrected chi connectivity index (χ1v) is 10.5. The van der Waals surface area contributed by atoms with Gasteiger partial charge in [0.05, 0.1) is 24.0 Å². The summed E-state index contributed by atoms with van der Waals surface area (Å²) in [5.41, 5.74) is 4.93. The van der Waals surface area contributed by atoms with Gasteiger partial charge in [0.2, 0.25) is 0 Å². The van der Waals surface area contributed by atoms with Gasteiger partial charge >= 0.3 is 0 Å². The van der Waals surface area contributed by atoms with Crippen molar-refractivity contribution in [2.45, 2.75) is 45.4 Å². The van der Waals surface area contributed by atoms with E-state index in [4.69, 9.17) is 4.74 Å². The number of amides is 1. The van der Waals surface area contributed by atoms with E-state index in [0.717, 1.165) is 53.2 Å². The highest BCUT2D eigenvalue weighted by Crippen LogP contribution is 2.36. The molecule has 0 N–H and O–H groups in total. The molecule has 2 aromatic heterocycles. The van der Waals surface area contributed by atoms with Crippen molar-refractivity contribution >= 4 is 5.91 Å². The summed E-state index contributed by atoms with van der Waals surface area (Å²) in [5.74, 6) is 1.07. The van der Waals surface area contributed by atoms with Crippen LogP contribution in [0.4, 0.5) is 0 Å². The topological polar surface area (TPSA) is 60.2 Å². The lowest BCUT2D eigenvalue weighted by atomic mass is 9.89. The van der Waals surface area contributed by atoms with E-state index < -0.39 is 0 Å². The zero-order valence-corrected chi connectivity index (χ0v) is 17.5. The van der Waals surface area contributed by atoms with Crippen LogP contribution in [0.3, 0.4) is 0 Å². The van der Waals surface area contributed by atoms with Crippen molar-refractivity contribution in [3.8, 4) is 11.3 Å². The Labute approximate surface area is 176 Å². The van der Waals surface area contributed by atoms with E-state index in [-0.39, 0.29) is 11.5 Å². The Morgan fingerprint density at radius 2 is 1.87 bits per heavy atom. The molecule has 1 amide bonds. The second-order valence-electron chi connectivity index (χ2n) is 8.53. The van der Waals surface area contributed by atoms with E-state index >= 15 is 0 Å². The van der Waals surface area contributed by atoms with Crippen molar-refractivity contribution in [2.75, 3.05) is 13.1 Å². The highest BCUT2D eigenvalue weighted by molar-refractivity contribution is 5.94. The molecule has 30 heavy (non-hydrogen) atoms. The van der Waals surface area contributed by atoms with Gasteiger partial charge in [-0.2, -0.15) is 0 Å². The van der Waals surface area contributed by atoms with E-state index in [1.54, 1.807) is 6.20 Å². The van der Waals surface area contributed by atoms with Gasteiger partial charge in [-0.3, -0.25) is 9.78 Å². The first-order chi connectivity index (χ1) is 14.5. The molecule has 1 spiro atoms. The predicted molar refractivity (Wildman–Crippen MR) is 114 cm³/mol. The number of pyridine rings is 1. The summed E-state index contributed by atoms with van der Waals surface area (Å²) < 4.78 is 8.58. The van der Waals surface area contributed by atoms with E-state index in [2.05, 4.69) is 26.7 Å². The summed E-state index contributed by atoms with van der Waals surface area (Å²) >= 11 is 0. The number of aryl methyl sites for hydroxylation is 2. The van der Waals surface area contributed by atoms with Crippen LogP contribution in [0.1, 0.15) is 40.2 Å². The molecular weight excluding hydrogens is 376 g/mol. The molecule has 154 valence electrons. The second kappa shape index (κ2) is 7.36. The lowest BCUT2D eigenvalue weighted by molar-refractivity contribution is -0.117. The lowest BCUT2D eigenvalue weighted by Gasteiger charge is -2.44. The predicted octanol–water partition coefficient (Wildman–Crippen LogP) is 3.77. The monoisotopic (exact) mass is 402 g/mol. The number of rotatable bonds is 2. The number of carbonyl (C=O) groups excluding carboxylic acids is 1. The average molecular weight is 402 g/mol. The SMILES string of the molecule is Cc1cc(C)cc(C(=O)N2CCC3(CC2)Cn2c(-c4cccnc4)cnc2CO3)c1. The normalized spacial score (nSPS) is 17.7. The van der Waals surface area contributed by atoms with Gasteiger partial charge in [-0.05, 0) is 51.0 Å². The third-order valence-electron chi connectivity index (χ3n) is 6.28. The van der Waals surface area contributed by atoms with Gasteiger partial charge in [0.15, 0.2) is 0 Å². The zero-order valence-electron chi connectivity index (χ0n) is 17.5. The number of benzene rings is 1. The van der Waals surface area contributed by atoms with Crippen molar-refractivity contribution in [1.29, 1.82) is 0 Å². The Kier molecular flexibility index (Phi) is 4.66. The molecule has 0 bridgehead atoms. The minimum atomic E-state index is -0.246. The van der Waals surface area contributed by atoms with Gasteiger partial charge in [0.25, 0.3) is 5.91 Å². The molecule has 2 aliphatic rings. The van der Waals surface area contributed by atoms with E-state index in [9.17, 15) is 4.79 Å². The number of aromatic nitrogens is 3. The number of hydrogen-bond acceptors (Lipinski definition) is 4. The van der Waals surface area contributed by atoms with Crippen LogP contribution in [0.5, 0.6) is 0 Å². The Morgan fingerprint density at radius 1 is 1.10 bits per heavy atom. The molecular formula is C24H26N4O2. The van der Waals surface area contributed by atoms with Crippen molar-refractivity contribution in [3.63, 3.8) is 0 Å². The molecule has 3 aromatic rings. The highest BCUT2D eigenvalue weighted by atomic mass is 16.5. The maximum absolute atomic E-state index is 13.0. The molecule has 6 nitrogen and oxygen atoms in total. The molecule has 5 rings (SSSR count). The number of fused-ring (bicyclic) bond motifs is 1. The minimum absolute atomic E-state index is 0.117. The van der Waals surface area contributed by atoms with E-state index in [0.29, 0.717) is 19.7 Å². The first-order valence-electron chi connectivity index (χ1n) is 10.5. The van der Waals surface area contributed by atoms with Crippen LogP contribution in [0.15, 0.2) is 48.9 Å². The maximum Gasteiger partial charge on any atom is 0.253 e. The lowest BCUT2D eigenvalue weighted by Crippen LogP contribution is -2.52. The number of piperidine rings is 1. The van der Waals surface area contributed by atoms with Gasteiger partial charge in [0, 0.05) is 36.6 Å². The van der Waals surface area contributed by atoms with Crippen molar-refractivity contribution in [2.24, 2.45) is 0 Å². The summed E-state index contributed by atoms with van der Waals surface area (Å²) in [4.78, 5) is 23.8. The molecule has 0 aliphatic carbocycles. The first kappa shape index (κ1) is 19.0. The summed E-state index contributed by atoms with van der Waals surface area (Å²) in [5, 5.41) is 0. The summed E-state index contributed by atoms with van der Waals surface area (Å²) in [6.45, 7) is 6.75. The van der Waals surface area contributed by atoms with Gasteiger partial charge in [0.1, 0.15) is 12.4 Å². The fourth-order valence-electron chi connectivity index (χ4n) is 4.70. The molecule has 2 aliphatic heterocycles. The standard InChI is InChI=1S/C24H26N4O2/c1-17-10-18(2)12-20(11-17)23(29)27-8-5-24(6-9-27)16-28-21(14-26-22(28)15-30-24)19-4-3-7-25-13-19/h3-4,7,10-14H,5-6,8-9,15-16H2,1-2H3. The third kappa shape index (κ3) is 3.41. The van der Waals surface area contributed by atoms with Crippen LogP contribution >= 0.6 is 0 Å². The van der Waals surface area contributed by atoms with Crippen LogP contribution in [0.25, 0.3) is 11.3 Å². The molecule has 1 saturated heterocycles.